The normalized spacial score (nSPS) is 19.4. The molecule has 4 atom stereocenters. The average molecular weight is 1020 g/mol. The monoisotopic (exact) mass is 1020 g/mol. The summed E-state index contributed by atoms with van der Waals surface area (Å²) in [4.78, 5) is 34.4. The Labute approximate surface area is 412 Å². The van der Waals surface area contributed by atoms with E-state index in [-0.39, 0.29) is 88.9 Å². The van der Waals surface area contributed by atoms with Gasteiger partial charge in [0.15, 0.2) is 16.7 Å². The average Bonchev–Trinajstić information content (AvgIpc) is 3.92. The number of ether oxygens (including phenoxy) is 5. The molecule has 0 unspecified atom stereocenters. The molecule has 3 N–H and O–H groups in total. The van der Waals surface area contributed by atoms with Crippen molar-refractivity contribution >= 4 is 57.2 Å². The third-order valence-corrected chi connectivity index (χ3v) is 13.6. The first-order valence-electron chi connectivity index (χ1n) is 22.5. The number of anilines is 2. The van der Waals surface area contributed by atoms with Gasteiger partial charge in [-0.2, -0.15) is 4.39 Å². The number of aromatic nitrogens is 1. The molecule has 1 aromatic heterocycles. The summed E-state index contributed by atoms with van der Waals surface area (Å²) < 4.78 is 89.1. The van der Waals surface area contributed by atoms with E-state index >= 15 is 8.78 Å². The standard InChI is InChI=1S/C50H55Cl2F4N5O7S/c1-49(2,3)27-40-50(4,33-12-10-30(51)26-36(33)54)41(32-7-6-8-34(52)42(32)55)44(60-40)47(63)58-37-14-9-29(25-39(37)64-5)46(62)57-15-18-65-21-22-67-23-24-68-45-31(11-13-35(53)43(45)56)38-28-69-48(59-38)61-16-19-66-20-17-61/h6-14,25-26,28,40-41,44,60H,15-24,27H2,1-5H3,(H,57,62)(H,58,63)/t40-,41-,44+,50-/m0/s1. The number of morpholine rings is 1. The molecule has 2 amide bonds. The van der Waals surface area contributed by atoms with Crippen LogP contribution in [0.5, 0.6) is 11.5 Å². The van der Waals surface area contributed by atoms with Gasteiger partial charge in [0.25, 0.3) is 5.91 Å². The molecule has 5 aromatic rings. The molecule has 0 aliphatic carbocycles. The SMILES string of the molecule is COc1cc(C(=O)NCCOCCOCCOc2c(-c3csc(N4CCOCC4)n3)ccc(F)c2F)ccc1NC(=O)[C@@H]1N[C@@H](CC(C)(C)C)[C@](C)(c2ccc(Cl)cc2F)[C@H]1c1cccc(Cl)c1F. The molecule has 2 fully saturated rings. The number of benzene rings is 4. The third kappa shape index (κ3) is 12.1. The van der Waals surface area contributed by atoms with Crippen molar-refractivity contribution < 1.29 is 50.8 Å². The number of hydrogen-bond donors (Lipinski definition) is 3. The largest absolute Gasteiger partial charge is 0.495 e. The lowest BCUT2D eigenvalue weighted by atomic mass is 9.63. The van der Waals surface area contributed by atoms with E-state index in [1.807, 2.05) is 27.7 Å². The van der Waals surface area contributed by atoms with Gasteiger partial charge in [-0.25, -0.2) is 18.2 Å². The van der Waals surface area contributed by atoms with E-state index in [1.165, 1.54) is 54.8 Å². The lowest BCUT2D eigenvalue weighted by Gasteiger charge is -2.40. The number of carbonyl (C=O) groups excluding carboxylic acids is 2. The van der Waals surface area contributed by atoms with Crippen molar-refractivity contribution in [2.45, 2.75) is 57.5 Å². The zero-order valence-corrected chi connectivity index (χ0v) is 41.2. The maximum absolute atomic E-state index is 16.1. The molecule has 0 bridgehead atoms. The number of hydrogen-bond acceptors (Lipinski definition) is 11. The minimum atomic E-state index is -1.18. The highest BCUT2D eigenvalue weighted by molar-refractivity contribution is 7.14. The van der Waals surface area contributed by atoms with Gasteiger partial charge in [0.1, 0.15) is 24.0 Å². The number of rotatable bonds is 19. The molecule has 19 heteroatoms. The van der Waals surface area contributed by atoms with Crippen molar-refractivity contribution in [3.8, 4) is 22.8 Å². The van der Waals surface area contributed by atoms with Crippen LogP contribution in [-0.4, -0.2) is 102 Å². The predicted octanol–water partition coefficient (Wildman–Crippen LogP) is 9.82. The molecule has 0 radical (unpaired) electrons. The number of halogens is 6. The van der Waals surface area contributed by atoms with Crippen molar-refractivity contribution in [2.24, 2.45) is 5.41 Å². The van der Waals surface area contributed by atoms with Gasteiger partial charge in [-0.05, 0) is 71.5 Å². The van der Waals surface area contributed by atoms with Crippen LogP contribution in [0.2, 0.25) is 10.0 Å². The lowest BCUT2D eigenvalue weighted by molar-refractivity contribution is -0.118. The Kier molecular flexibility index (Phi) is 17.1. The number of carbonyl (C=O) groups is 2. The Bertz CT molecular complexity index is 2620. The zero-order chi connectivity index (χ0) is 49.5. The highest BCUT2D eigenvalue weighted by atomic mass is 35.5. The van der Waals surface area contributed by atoms with Gasteiger partial charge in [-0.3, -0.25) is 9.59 Å². The van der Waals surface area contributed by atoms with Crippen molar-refractivity contribution in [3.63, 3.8) is 0 Å². The van der Waals surface area contributed by atoms with Crippen LogP contribution in [-0.2, 0) is 24.4 Å². The second-order valence-electron chi connectivity index (χ2n) is 18.1. The highest BCUT2D eigenvalue weighted by Gasteiger charge is 2.57. The van der Waals surface area contributed by atoms with E-state index < -0.39 is 58.5 Å². The second kappa shape index (κ2) is 22.8. The van der Waals surface area contributed by atoms with Crippen LogP contribution in [0.25, 0.3) is 11.3 Å². The summed E-state index contributed by atoms with van der Waals surface area (Å²) in [5.41, 5.74) is 0.240. The number of nitrogens with zero attached hydrogens (tertiary/aromatic N) is 2. The van der Waals surface area contributed by atoms with Gasteiger partial charge in [0.05, 0.1) is 69.2 Å². The number of thiazole rings is 1. The predicted molar refractivity (Wildman–Crippen MR) is 259 cm³/mol. The maximum Gasteiger partial charge on any atom is 0.251 e. The van der Waals surface area contributed by atoms with Gasteiger partial charge in [-0.1, -0.05) is 69.1 Å². The summed E-state index contributed by atoms with van der Waals surface area (Å²) in [5, 5.41) is 11.7. The molecule has 3 heterocycles. The summed E-state index contributed by atoms with van der Waals surface area (Å²) in [6.07, 6.45) is 0.491. The number of methoxy groups -OCH3 is 1. The van der Waals surface area contributed by atoms with E-state index in [1.54, 1.807) is 29.6 Å². The summed E-state index contributed by atoms with van der Waals surface area (Å²) in [5.74, 6) is -5.42. The van der Waals surface area contributed by atoms with E-state index in [0.717, 1.165) is 11.2 Å². The Morgan fingerprint density at radius 2 is 1.67 bits per heavy atom. The highest BCUT2D eigenvalue weighted by Crippen LogP contribution is 2.53. The van der Waals surface area contributed by atoms with E-state index in [9.17, 15) is 18.4 Å². The molecule has 2 aliphatic rings. The summed E-state index contributed by atoms with van der Waals surface area (Å²) in [6.45, 7) is 11.2. The van der Waals surface area contributed by atoms with Crippen LogP contribution in [0.1, 0.15) is 61.5 Å². The summed E-state index contributed by atoms with van der Waals surface area (Å²) >= 11 is 13.9. The van der Waals surface area contributed by atoms with Crippen LogP contribution in [0.4, 0.5) is 28.4 Å². The Morgan fingerprint density at radius 3 is 2.39 bits per heavy atom. The van der Waals surface area contributed by atoms with Crippen LogP contribution >= 0.6 is 34.5 Å². The molecule has 12 nitrogen and oxygen atoms in total. The fourth-order valence-electron chi connectivity index (χ4n) is 8.88. The second-order valence-corrected chi connectivity index (χ2v) is 19.8. The summed E-state index contributed by atoms with van der Waals surface area (Å²) in [6, 6.07) is 14.4. The molecule has 2 saturated heterocycles. The number of amides is 2. The van der Waals surface area contributed by atoms with Crippen LogP contribution in [0, 0.1) is 28.7 Å². The van der Waals surface area contributed by atoms with E-state index in [4.69, 9.17) is 46.9 Å². The molecular weight excluding hydrogens is 962 g/mol. The van der Waals surface area contributed by atoms with Crippen LogP contribution in [0.15, 0.2) is 72.1 Å². The number of nitrogens with one attached hydrogen (secondary N) is 3. The Morgan fingerprint density at radius 1 is 0.928 bits per heavy atom. The Balaban J connectivity index is 0.916. The quantitative estimate of drug-likeness (QED) is 0.0543. The molecule has 2 aliphatic heterocycles. The first-order chi connectivity index (χ1) is 33.0. The lowest BCUT2D eigenvalue weighted by Crippen LogP contribution is -2.44. The van der Waals surface area contributed by atoms with E-state index in [2.05, 4.69) is 25.8 Å². The molecule has 69 heavy (non-hydrogen) atoms. The van der Waals surface area contributed by atoms with Crippen molar-refractivity contribution in [3.05, 3.63) is 122 Å². The van der Waals surface area contributed by atoms with Gasteiger partial charge in [-0.15, -0.1) is 11.3 Å². The van der Waals surface area contributed by atoms with Crippen LogP contribution < -0.4 is 30.3 Å². The Hall–Kier alpha value is -5.01. The van der Waals surface area contributed by atoms with Gasteiger partial charge >= 0.3 is 0 Å². The molecule has 370 valence electrons. The third-order valence-electron chi connectivity index (χ3n) is 12.2. The first-order valence-corrected chi connectivity index (χ1v) is 24.1. The van der Waals surface area contributed by atoms with Crippen molar-refractivity contribution in [2.75, 3.05) is 83.2 Å². The smallest absolute Gasteiger partial charge is 0.251 e. The van der Waals surface area contributed by atoms with Gasteiger partial charge in [0.2, 0.25) is 11.7 Å². The molecule has 0 saturated carbocycles. The molecule has 0 spiro atoms. The summed E-state index contributed by atoms with van der Waals surface area (Å²) in [7, 11) is 1.40. The minimum Gasteiger partial charge on any atom is -0.495 e. The fraction of sp³-hybridized carbons (Fsp3) is 0.420. The zero-order valence-electron chi connectivity index (χ0n) is 38.9. The van der Waals surface area contributed by atoms with Crippen molar-refractivity contribution in [1.82, 2.24) is 15.6 Å². The fourth-order valence-corrected chi connectivity index (χ4v) is 10.1. The maximum atomic E-state index is 16.1. The minimum absolute atomic E-state index is 0.0558. The van der Waals surface area contributed by atoms with E-state index in [0.29, 0.717) is 44.0 Å². The topological polar surface area (TPSA) is 133 Å². The van der Waals surface area contributed by atoms with Crippen LogP contribution in [0.3, 0.4) is 0 Å². The van der Waals surface area contributed by atoms with Gasteiger partial charge < -0.3 is 44.5 Å². The molecular formula is C50H55Cl2F4N5O7S. The van der Waals surface area contributed by atoms with Crippen molar-refractivity contribution in [1.29, 1.82) is 0 Å². The first kappa shape index (κ1) is 51.8. The molecule has 7 rings (SSSR count). The molecule has 4 aromatic carbocycles. The van der Waals surface area contributed by atoms with Gasteiger partial charge in [0, 0.05) is 58.5 Å².